The number of esters is 1. The minimum absolute atomic E-state index is 0.100. The molecule has 0 bridgehead atoms. The number of imidazole rings is 1. The number of fused-ring (bicyclic) bond motifs is 1. The Morgan fingerprint density at radius 3 is 2.33 bits per heavy atom. The molecule has 0 spiro atoms. The van der Waals surface area contributed by atoms with Gasteiger partial charge in [-0.25, -0.2) is 13.6 Å². The highest BCUT2D eigenvalue weighted by Gasteiger charge is 2.15. The van der Waals surface area contributed by atoms with E-state index in [1.807, 2.05) is 25.1 Å². The first-order valence-electron chi connectivity index (χ1n) is 9.49. The molecule has 1 amide bonds. The number of carbonyl (C=O) groups excluding carboxylic acids is 2. The second-order valence-electron chi connectivity index (χ2n) is 6.66. The van der Waals surface area contributed by atoms with Crippen LogP contribution in [0.1, 0.15) is 19.8 Å². The van der Waals surface area contributed by atoms with E-state index in [2.05, 4.69) is 5.32 Å². The Kier molecular flexibility index (Phi) is 6.61. The van der Waals surface area contributed by atoms with Gasteiger partial charge in [0.15, 0.2) is 6.61 Å². The second kappa shape index (κ2) is 9.34. The summed E-state index contributed by atoms with van der Waals surface area (Å²) in [6, 6.07) is 10.0. The van der Waals surface area contributed by atoms with Gasteiger partial charge in [-0.1, -0.05) is 19.1 Å². The Morgan fingerprint density at radius 1 is 1.03 bits per heavy atom. The molecule has 1 N–H and O–H groups in total. The van der Waals surface area contributed by atoms with Crippen LogP contribution in [-0.2, 0) is 27.4 Å². The van der Waals surface area contributed by atoms with Crippen LogP contribution in [-0.4, -0.2) is 27.6 Å². The molecule has 0 unspecified atom stereocenters. The molecule has 0 saturated heterocycles. The fraction of sp³-hybridized carbons (Fsp3) is 0.286. The number of para-hydroxylation sites is 2. The van der Waals surface area contributed by atoms with Crippen LogP contribution in [0.15, 0.2) is 47.3 Å². The van der Waals surface area contributed by atoms with Crippen molar-refractivity contribution in [3.63, 3.8) is 0 Å². The van der Waals surface area contributed by atoms with Crippen molar-refractivity contribution in [2.75, 3.05) is 11.9 Å². The lowest BCUT2D eigenvalue weighted by molar-refractivity contribution is -0.147. The zero-order valence-electron chi connectivity index (χ0n) is 16.4. The fourth-order valence-corrected chi connectivity index (χ4v) is 3.13. The summed E-state index contributed by atoms with van der Waals surface area (Å²) in [5.41, 5.74) is 1.08. The van der Waals surface area contributed by atoms with Gasteiger partial charge in [-0.05, 0) is 30.7 Å². The van der Waals surface area contributed by atoms with Gasteiger partial charge in [0.05, 0.1) is 23.1 Å². The summed E-state index contributed by atoms with van der Waals surface area (Å²) in [5.74, 6) is -3.14. The number of nitrogens with zero attached hydrogens (tertiary/aromatic N) is 2. The molecule has 1 heterocycles. The van der Waals surface area contributed by atoms with Gasteiger partial charge >= 0.3 is 11.7 Å². The molecule has 0 aliphatic carbocycles. The van der Waals surface area contributed by atoms with Gasteiger partial charge in [0.1, 0.15) is 11.6 Å². The summed E-state index contributed by atoms with van der Waals surface area (Å²) in [7, 11) is 0. The largest absolute Gasteiger partial charge is 0.456 e. The summed E-state index contributed by atoms with van der Waals surface area (Å²) >= 11 is 0. The zero-order valence-corrected chi connectivity index (χ0v) is 16.4. The van der Waals surface area contributed by atoms with Crippen molar-refractivity contribution in [3.05, 3.63) is 64.6 Å². The van der Waals surface area contributed by atoms with Crippen LogP contribution in [0.3, 0.4) is 0 Å². The first kappa shape index (κ1) is 21.2. The number of ether oxygens (including phenoxy) is 1. The molecule has 158 valence electrons. The maximum atomic E-state index is 13.5. The fourth-order valence-electron chi connectivity index (χ4n) is 3.13. The smallest absolute Gasteiger partial charge is 0.329 e. The molecule has 3 aromatic rings. The van der Waals surface area contributed by atoms with Crippen LogP contribution in [0.5, 0.6) is 0 Å². The van der Waals surface area contributed by atoms with Crippen LogP contribution in [0.2, 0.25) is 0 Å². The molecule has 3 rings (SSSR count). The van der Waals surface area contributed by atoms with Crippen LogP contribution in [0.25, 0.3) is 11.0 Å². The van der Waals surface area contributed by atoms with Crippen LogP contribution in [0.4, 0.5) is 14.5 Å². The van der Waals surface area contributed by atoms with Crippen molar-refractivity contribution in [3.8, 4) is 0 Å². The van der Waals surface area contributed by atoms with Gasteiger partial charge in [0.25, 0.3) is 5.91 Å². The maximum Gasteiger partial charge on any atom is 0.329 e. The lowest BCUT2D eigenvalue weighted by atomic mass is 10.3. The number of amides is 1. The molecule has 2 aromatic carbocycles. The molecule has 0 fully saturated rings. The Balaban J connectivity index is 1.58. The number of anilines is 1. The maximum absolute atomic E-state index is 13.5. The number of hydrogen-bond acceptors (Lipinski definition) is 4. The van der Waals surface area contributed by atoms with Crippen LogP contribution < -0.4 is 11.0 Å². The van der Waals surface area contributed by atoms with E-state index in [0.29, 0.717) is 18.1 Å². The van der Waals surface area contributed by atoms with Gasteiger partial charge in [0, 0.05) is 19.2 Å². The predicted octanol–water partition coefficient (Wildman–Crippen LogP) is 3.06. The molecule has 0 aliphatic rings. The number of hydrogen-bond donors (Lipinski definition) is 1. The summed E-state index contributed by atoms with van der Waals surface area (Å²) in [4.78, 5) is 36.5. The Hall–Kier alpha value is -3.49. The average molecular weight is 417 g/mol. The molecule has 1 aromatic heterocycles. The number of aromatic nitrogens is 2. The Morgan fingerprint density at radius 2 is 1.70 bits per heavy atom. The first-order valence-corrected chi connectivity index (χ1v) is 9.49. The van der Waals surface area contributed by atoms with Gasteiger partial charge in [-0.15, -0.1) is 0 Å². The third-order valence-electron chi connectivity index (χ3n) is 4.48. The molecular weight excluding hydrogens is 396 g/mol. The molecule has 0 aliphatic heterocycles. The predicted molar refractivity (Wildman–Crippen MR) is 107 cm³/mol. The van der Waals surface area contributed by atoms with Gasteiger partial charge in [-0.2, -0.15) is 0 Å². The van der Waals surface area contributed by atoms with Crippen molar-refractivity contribution < 1.29 is 23.1 Å². The number of carbonyl (C=O) groups is 2. The Bertz CT molecular complexity index is 1140. The molecular formula is C21H21F2N3O4. The first-order chi connectivity index (χ1) is 14.4. The summed E-state index contributed by atoms with van der Waals surface area (Å²) in [6.07, 6.45) is 0.679. The third-order valence-corrected chi connectivity index (χ3v) is 4.48. The lowest BCUT2D eigenvalue weighted by Gasteiger charge is -2.08. The SMILES string of the molecule is CCCn1c(=O)n(CCC(=O)OCC(=O)Nc2ccc(F)cc2F)c2ccccc21. The van der Waals surface area contributed by atoms with Crippen LogP contribution >= 0.6 is 0 Å². The van der Waals surface area contributed by atoms with Gasteiger partial charge in [-0.3, -0.25) is 18.7 Å². The Labute approximate surface area is 170 Å². The molecule has 7 nitrogen and oxygen atoms in total. The van der Waals surface area contributed by atoms with Crippen molar-refractivity contribution in [1.82, 2.24) is 9.13 Å². The molecule has 9 heteroatoms. The highest BCUT2D eigenvalue weighted by molar-refractivity contribution is 5.92. The summed E-state index contributed by atoms with van der Waals surface area (Å²) < 4.78 is 34.5. The number of aryl methyl sites for hydroxylation is 2. The highest BCUT2D eigenvalue weighted by Crippen LogP contribution is 2.15. The summed E-state index contributed by atoms with van der Waals surface area (Å²) in [5, 5.41) is 2.20. The van der Waals surface area contributed by atoms with Gasteiger partial charge in [0.2, 0.25) is 0 Å². The van der Waals surface area contributed by atoms with Gasteiger partial charge < -0.3 is 10.1 Å². The highest BCUT2D eigenvalue weighted by atomic mass is 19.1. The quantitative estimate of drug-likeness (QED) is 0.571. The number of rotatable bonds is 8. The van der Waals surface area contributed by atoms with Crippen molar-refractivity contribution in [2.45, 2.75) is 32.9 Å². The van der Waals surface area contributed by atoms with Crippen molar-refractivity contribution in [1.29, 1.82) is 0 Å². The number of nitrogens with one attached hydrogen (secondary N) is 1. The van der Waals surface area contributed by atoms with E-state index in [1.54, 1.807) is 10.6 Å². The average Bonchev–Trinajstić information content (AvgIpc) is 2.98. The lowest BCUT2D eigenvalue weighted by Crippen LogP contribution is -2.26. The number of benzene rings is 2. The monoisotopic (exact) mass is 417 g/mol. The van der Waals surface area contributed by atoms with E-state index in [-0.39, 0.29) is 24.3 Å². The van der Waals surface area contributed by atoms with Crippen molar-refractivity contribution >= 4 is 28.6 Å². The number of halogens is 2. The third kappa shape index (κ3) is 4.73. The standard InChI is InChI=1S/C21H21F2N3O4/c1-2-10-25-17-5-3-4-6-18(17)26(21(25)29)11-9-20(28)30-13-19(27)24-16-8-7-14(22)12-15(16)23/h3-8,12H,2,9-11,13H2,1H3,(H,24,27). The van der Waals surface area contributed by atoms with E-state index in [0.717, 1.165) is 24.1 Å². The normalized spacial score (nSPS) is 10.9. The van der Waals surface area contributed by atoms with E-state index >= 15 is 0 Å². The second-order valence-corrected chi connectivity index (χ2v) is 6.66. The summed E-state index contributed by atoms with van der Waals surface area (Å²) in [6.45, 7) is 2.01. The van der Waals surface area contributed by atoms with Crippen LogP contribution in [0, 0.1) is 11.6 Å². The van der Waals surface area contributed by atoms with E-state index in [9.17, 15) is 23.2 Å². The molecule has 0 saturated carbocycles. The topological polar surface area (TPSA) is 82.3 Å². The minimum Gasteiger partial charge on any atom is -0.456 e. The molecule has 30 heavy (non-hydrogen) atoms. The van der Waals surface area contributed by atoms with E-state index in [1.165, 1.54) is 4.57 Å². The van der Waals surface area contributed by atoms with Crippen molar-refractivity contribution in [2.24, 2.45) is 0 Å². The molecule has 0 atom stereocenters. The van der Waals surface area contributed by atoms with E-state index < -0.39 is 30.1 Å². The van der Waals surface area contributed by atoms with E-state index in [4.69, 9.17) is 4.74 Å². The zero-order chi connectivity index (χ0) is 21.7. The molecule has 0 radical (unpaired) electrons. The minimum atomic E-state index is -0.933.